The molecule has 0 aliphatic carbocycles. The van der Waals surface area contributed by atoms with Gasteiger partial charge in [-0.2, -0.15) is 0 Å². The lowest BCUT2D eigenvalue weighted by atomic mass is 10.2. The van der Waals surface area contributed by atoms with Crippen LogP contribution in [0.1, 0.15) is 25.7 Å². The summed E-state index contributed by atoms with van der Waals surface area (Å²) >= 11 is 0. The van der Waals surface area contributed by atoms with Gasteiger partial charge in [0.25, 0.3) is 0 Å². The maximum atomic E-state index is 10.1. The minimum atomic E-state index is -5.17. The Morgan fingerprint density at radius 3 is 1.18 bits per heavy atom. The van der Waals surface area contributed by atoms with Gasteiger partial charge in [-0.25, -0.2) is 9.59 Å². The highest BCUT2D eigenvalue weighted by Crippen LogP contribution is 1.89. The molecule has 0 rings (SSSR count). The average Bonchev–Trinajstić information content (AvgIpc) is 2.48. The number of carboxylic acid groups (broad SMARTS) is 2. The van der Waals surface area contributed by atoms with Crippen molar-refractivity contribution >= 4 is 22.3 Å². The first kappa shape index (κ1) is 37.0. The molecule has 0 aliphatic rings. The number of carbonyl (C=O) groups is 2. The zero-order valence-electron chi connectivity index (χ0n) is 15.0. The van der Waals surface area contributed by atoms with Crippen molar-refractivity contribution < 1.29 is 77.8 Å². The molecule has 0 aliphatic heterocycles. The van der Waals surface area contributed by atoms with Crippen LogP contribution in [0.15, 0.2) is 0 Å². The molecule has 172 valence electrons. The van der Waals surface area contributed by atoms with Gasteiger partial charge in [-0.3, -0.25) is 8.42 Å². The highest BCUT2D eigenvalue weighted by atomic mass is 35.5. The first-order chi connectivity index (χ1) is 12.1. The summed E-state index contributed by atoms with van der Waals surface area (Å²) < 4.78 is 34.1. The number of halogens is 1. The highest BCUT2D eigenvalue weighted by Gasteiger charge is 2.14. The van der Waals surface area contributed by atoms with Crippen LogP contribution in [-0.4, -0.2) is 69.9 Å². The summed E-state index contributed by atoms with van der Waals surface area (Å²) in [6.45, 7) is 1.58. The molecule has 0 aromatic heterocycles. The van der Waals surface area contributed by atoms with Crippen molar-refractivity contribution in [1.29, 1.82) is 0 Å². The van der Waals surface area contributed by atoms with Crippen LogP contribution in [0.5, 0.6) is 0 Å². The molecule has 2 atom stereocenters. The van der Waals surface area contributed by atoms with E-state index in [-0.39, 0.29) is 12.4 Å². The zero-order valence-corrected chi connectivity index (χ0v) is 16.6. The third kappa shape index (κ3) is 64.6. The largest absolute Gasteiger partial charge is 1.00 e. The Hall–Kier alpha value is -1.86. The standard InChI is InChI=1S/2C5H12N2O2.ClH.NO3.H2O4S/c2*6-3-1-2-4(7)5(8)9;;2-1(3)4;1-5(2,3)4/h2*4H,1-3,6-7H2,(H,8,9);1H;;(H2,1,2,3,4)/q;;;-1;/p+1/t2*4-;;;/m00.../s1. The first-order valence-electron chi connectivity index (χ1n) is 7.28. The summed E-state index contributed by atoms with van der Waals surface area (Å²) in [6.07, 6.45) is 2.97. The van der Waals surface area contributed by atoms with E-state index < -0.39 is 39.5 Å². The number of carboxylic acids is 2. The molecular formula is C10H28ClN5O11S. The summed E-state index contributed by atoms with van der Waals surface area (Å²) in [5.41, 5.74) is 14.1. The number of hydrogen-bond acceptors (Lipinski definition) is 9. The van der Waals surface area contributed by atoms with Crippen molar-refractivity contribution in [1.82, 2.24) is 0 Å². The molecule has 0 fully saturated rings. The van der Waals surface area contributed by atoms with Crippen molar-refractivity contribution in [2.24, 2.45) is 0 Å². The molecule has 0 saturated heterocycles. The SMILES string of the molecule is O=S(=O)([O-])[O-].O=[N+]([O-])[O-].[Cl-].[NH3+]CCC[C@H]([NH3+])C(=O)O.[NH3+]CCC[C@H]([NH3+])C(=O)O. The van der Waals surface area contributed by atoms with Crippen molar-refractivity contribution in [3.05, 3.63) is 15.3 Å². The zero-order chi connectivity index (χ0) is 22.6. The van der Waals surface area contributed by atoms with Crippen LogP contribution >= 0.6 is 0 Å². The van der Waals surface area contributed by atoms with Crippen molar-refractivity contribution in [3.63, 3.8) is 0 Å². The van der Waals surface area contributed by atoms with Gasteiger partial charge in [-0.05, 0) is 0 Å². The minimum Gasteiger partial charge on any atom is -1.00 e. The summed E-state index contributed by atoms with van der Waals surface area (Å²) in [5, 5.41) is 31.4. The summed E-state index contributed by atoms with van der Waals surface area (Å²) in [4.78, 5) is 28.5. The van der Waals surface area contributed by atoms with Crippen LogP contribution in [0.4, 0.5) is 0 Å². The molecule has 0 bridgehead atoms. The Morgan fingerprint density at radius 2 is 1.07 bits per heavy atom. The van der Waals surface area contributed by atoms with Crippen LogP contribution in [0.2, 0.25) is 0 Å². The Kier molecular flexibility index (Phi) is 30.6. The number of quaternary nitrogens is 4. The van der Waals surface area contributed by atoms with Crippen LogP contribution in [0.25, 0.3) is 0 Å². The Bertz CT molecular complexity index is 472. The van der Waals surface area contributed by atoms with E-state index in [2.05, 4.69) is 22.9 Å². The molecule has 0 unspecified atom stereocenters. The molecule has 0 amide bonds. The number of rotatable bonds is 8. The number of nitrogens with zero attached hydrogens (tertiary/aromatic N) is 1. The summed E-state index contributed by atoms with van der Waals surface area (Å²) in [5.74, 6) is -1.63. The predicted octanol–water partition coefficient (Wildman–Crippen LogP) is -9.17. The van der Waals surface area contributed by atoms with Gasteiger partial charge in [0.05, 0.1) is 18.2 Å². The van der Waals surface area contributed by atoms with Gasteiger partial charge >= 0.3 is 11.9 Å². The smallest absolute Gasteiger partial charge is 0.362 e. The van der Waals surface area contributed by atoms with Crippen molar-refractivity contribution in [3.8, 4) is 0 Å². The Labute approximate surface area is 166 Å². The number of hydrogen-bond donors (Lipinski definition) is 6. The van der Waals surface area contributed by atoms with Gasteiger partial charge < -0.3 is 70.0 Å². The van der Waals surface area contributed by atoms with E-state index in [9.17, 15) is 9.59 Å². The van der Waals surface area contributed by atoms with E-state index >= 15 is 0 Å². The van der Waals surface area contributed by atoms with E-state index in [0.29, 0.717) is 12.8 Å². The molecule has 0 aromatic rings. The van der Waals surface area contributed by atoms with Gasteiger partial charge in [0, 0.05) is 36.1 Å². The molecule has 18 heteroatoms. The molecule has 0 saturated carbocycles. The second-order valence-electron chi connectivity index (χ2n) is 4.69. The van der Waals surface area contributed by atoms with E-state index in [0.717, 1.165) is 25.9 Å². The fraction of sp³-hybridized carbons (Fsp3) is 0.800. The molecule has 0 radical (unpaired) electrons. The topological polar surface area (TPSA) is 332 Å². The monoisotopic (exact) mass is 461 g/mol. The fourth-order valence-corrected chi connectivity index (χ4v) is 1.03. The van der Waals surface area contributed by atoms with Crippen LogP contribution in [-0.2, 0) is 20.0 Å². The lowest BCUT2D eigenvalue weighted by Gasteiger charge is -2.06. The van der Waals surface area contributed by atoms with Crippen molar-refractivity contribution in [2.45, 2.75) is 37.8 Å². The summed E-state index contributed by atoms with van der Waals surface area (Å²) in [7, 11) is -5.17. The number of aliphatic carboxylic acids is 2. The van der Waals surface area contributed by atoms with Gasteiger partial charge in [-0.1, -0.05) is 0 Å². The molecule has 0 spiro atoms. The molecular weight excluding hydrogens is 434 g/mol. The maximum absolute atomic E-state index is 10.1. The lowest BCUT2D eigenvalue weighted by molar-refractivity contribution is -0.414. The van der Waals surface area contributed by atoms with Crippen molar-refractivity contribution in [2.75, 3.05) is 13.1 Å². The van der Waals surface area contributed by atoms with Gasteiger partial charge in [0.2, 0.25) is 0 Å². The normalized spacial score (nSPS) is 11.4. The second kappa shape index (κ2) is 23.2. The van der Waals surface area contributed by atoms with Gasteiger partial charge in [0.1, 0.15) is 0 Å². The van der Waals surface area contributed by atoms with Crippen LogP contribution < -0.4 is 35.3 Å². The quantitative estimate of drug-likeness (QED) is 0.0851. The maximum Gasteiger partial charge on any atom is 0.362 e. The van der Waals surface area contributed by atoms with E-state index in [4.69, 9.17) is 43.1 Å². The summed E-state index contributed by atoms with van der Waals surface area (Å²) in [6, 6.07) is -0.904. The first-order valence-corrected chi connectivity index (χ1v) is 8.61. The highest BCUT2D eigenvalue weighted by molar-refractivity contribution is 7.79. The van der Waals surface area contributed by atoms with E-state index in [1.807, 2.05) is 0 Å². The van der Waals surface area contributed by atoms with Gasteiger partial charge in [-0.15, -0.1) is 0 Å². The molecule has 0 heterocycles. The third-order valence-corrected chi connectivity index (χ3v) is 2.30. The second-order valence-corrected chi connectivity index (χ2v) is 5.51. The van der Waals surface area contributed by atoms with Crippen LogP contribution in [0, 0.1) is 15.3 Å². The van der Waals surface area contributed by atoms with E-state index in [1.165, 1.54) is 0 Å². The van der Waals surface area contributed by atoms with E-state index in [1.54, 1.807) is 0 Å². The molecule has 16 nitrogen and oxygen atoms in total. The Morgan fingerprint density at radius 1 is 0.893 bits per heavy atom. The fourth-order valence-electron chi connectivity index (χ4n) is 1.03. The third-order valence-electron chi connectivity index (χ3n) is 2.30. The lowest BCUT2D eigenvalue weighted by Crippen LogP contribution is -3.00. The molecule has 14 N–H and O–H groups in total. The van der Waals surface area contributed by atoms with Crippen LogP contribution in [0.3, 0.4) is 0 Å². The molecule has 0 aromatic carbocycles. The Balaban J connectivity index is -0.0000000875. The molecule has 28 heavy (non-hydrogen) atoms. The predicted molar refractivity (Wildman–Crippen MR) is 83.4 cm³/mol. The average molecular weight is 462 g/mol. The van der Waals surface area contributed by atoms with Gasteiger partial charge in [0.15, 0.2) is 12.1 Å². The minimum absolute atomic E-state index is 0.